The van der Waals surface area contributed by atoms with Gasteiger partial charge in [-0.1, -0.05) is 12.1 Å². The van der Waals surface area contributed by atoms with Gasteiger partial charge in [-0.15, -0.1) is 5.10 Å². The zero-order chi connectivity index (χ0) is 19.6. The quantitative estimate of drug-likeness (QED) is 0.834. The number of tetrazole rings is 1. The molecule has 1 heterocycles. The highest BCUT2D eigenvalue weighted by Gasteiger charge is 2.28. The van der Waals surface area contributed by atoms with E-state index in [0.717, 1.165) is 18.4 Å². The lowest BCUT2D eigenvalue weighted by molar-refractivity contribution is -0.117. The summed E-state index contributed by atoms with van der Waals surface area (Å²) < 4.78 is 6.98. The minimum atomic E-state index is -0.750. The van der Waals surface area contributed by atoms with Crippen LogP contribution in [0.4, 0.5) is 10.5 Å². The first-order valence-corrected chi connectivity index (χ1v) is 8.91. The van der Waals surface area contributed by atoms with Gasteiger partial charge in [0, 0.05) is 11.3 Å². The Morgan fingerprint density at radius 2 is 2.04 bits per heavy atom. The van der Waals surface area contributed by atoms with Crippen LogP contribution in [0.2, 0.25) is 0 Å². The highest BCUT2D eigenvalue weighted by Crippen LogP contribution is 2.36. The predicted octanol–water partition coefficient (Wildman–Crippen LogP) is 2.53. The maximum Gasteiger partial charge on any atom is 0.408 e. The molecule has 2 amide bonds. The van der Waals surface area contributed by atoms with Crippen LogP contribution < -0.4 is 10.6 Å². The van der Waals surface area contributed by atoms with Gasteiger partial charge >= 0.3 is 6.09 Å². The molecular weight excluding hydrogens is 348 g/mol. The molecule has 9 nitrogen and oxygen atoms in total. The van der Waals surface area contributed by atoms with Gasteiger partial charge in [0.15, 0.2) is 5.82 Å². The van der Waals surface area contributed by atoms with Crippen LogP contribution in [0.1, 0.15) is 46.6 Å². The second-order valence-electron chi connectivity index (χ2n) is 7.62. The fourth-order valence-corrected chi connectivity index (χ4v) is 2.49. The van der Waals surface area contributed by atoms with E-state index in [2.05, 4.69) is 26.2 Å². The molecule has 1 fully saturated rings. The number of nitrogens with zero attached hydrogens (tertiary/aromatic N) is 4. The lowest BCUT2D eigenvalue weighted by Crippen LogP contribution is -2.43. The van der Waals surface area contributed by atoms with E-state index >= 15 is 0 Å². The van der Waals surface area contributed by atoms with Gasteiger partial charge in [0.2, 0.25) is 5.91 Å². The molecular formula is C18H24N6O3. The molecule has 0 aliphatic heterocycles. The summed E-state index contributed by atoms with van der Waals surface area (Å²) in [6.45, 7) is 6.88. The second kappa shape index (κ2) is 7.34. The van der Waals surface area contributed by atoms with Crippen molar-refractivity contribution in [2.75, 3.05) is 5.32 Å². The molecule has 2 N–H and O–H groups in total. The minimum absolute atomic E-state index is 0.347. The van der Waals surface area contributed by atoms with Gasteiger partial charge in [0.05, 0.1) is 6.04 Å². The zero-order valence-electron chi connectivity index (χ0n) is 15.9. The van der Waals surface area contributed by atoms with Crippen molar-refractivity contribution in [3.8, 4) is 11.4 Å². The summed E-state index contributed by atoms with van der Waals surface area (Å²) in [7, 11) is 0. The number of anilines is 1. The third kappa shape index (κ3) is 5.02. The SMILES string of the molecule is C[C@@H](NC(=O)OC(C)(C)C)C(=O)Nc1cccc(-c2nnnn2C2CC2)c1. The van der Waals surface area contributed by atoms with Crippen molar-refractivity contribution in [2.45, 2.75) is 58.2 Å². The molecule has 27 heavy (non-hydrogen) atoms. The predicted molar refractivity (Wildman–Crippen MR) is 99.0 cm³/mol. The van der Waals surface area contributed by atoms with Crippen LogP contribution in [0.15, 0.2) is 24.3 Å². The number of amides is 2. The van der Waals surface area contributed by atoms with Crippen LogP contribution in [0.25, 0.3) is 11.4 Å². The maximum absolute atomic E-state index is 12.4. The average molecular weight is 372 g/mol. The van der Waals surface area contributed by atoms with E-state index in [1.54, 1.807) is 33.8 Å². The smallest absolute Gasteiger partial charge is 0.408 e. The van der Waals surface area contributed by atoms with Crippen LogP contribution >= 0.6 is 0 Å². The van der Waals surface area contributed by atoms with Crippen LogP contribution in [0, 0.1) is 0 Å². The molecule has 9 heteroatoms. The Bertz CT molecular complexity index is 838. The van der Waals surface area contributed by atoms with Crippen LogP contribution in [0.3, 0.4) is 0 Å². The topological polar surface area (TPSA) is 111 Å². The summed E-state index contributed by atoms with van der Waals surface area (Å²) in [5.74, 6) is 0.327. The number of alkyl carbamates (subject to hydrolysis) is 1. The normalized spacial score (nSPS) is 15.1. The largest absolute Gasteiger partial charge is 0.444 e. The Kier molecular flexibility index (Phi) is 5.11. The first-order valence-electron chi connectivity index (χ1n) is 8.91. The third-order valence-electron chi connectivity index (χ3n) is 3.90. The van der Waals surface area contributed by atoms with Crippen molar-refractivity contribution in [3.63, 3.8) is 0 Å². The number of aromatic nitrogens is 4. The monoisotopic (exact) mass is 372 g/mol. The molecule has 0 unspecified atom stereocenters. The van der Waals surface area contributed by atoms with Crippen LogP contribution in [-0.4, -0.2) is 43.9 Å². The number of benzene rings is 1. The van der Waals surface area contributed by atoms with Gasteiger partial charge in [-0.3, -0.25) is 4.79 Å². The fourth-order valence-electron chi connectivity index (χ4n) is 2.49. The van der Waals surface area contributed by atoms with Crippen molar-refractivity contribution in [2.24, 2.45) is 0 Å². The molecule has 1 aromatic heterocycles. The Morgan fingerprint density at radius 3 is 2.70 bits per heavy atom. The maximum atomic E-state index is 12.4. The number of nitrogens with one attached hydrogen (secondary N) is 2. The summed E-state index contributed by atoms with van der Waals surface area (Å²) >= 11 is 0. The van der Waals surface area contributed by atoms with Crippen LogP contribution in [0.5, 0.6) is 0 Å². The highest BCUT2D eigenvalue weighted by molar-refractivity contribution is 5.96. The average Bonchev–Trinajstić information content (AvgIpc) is 3.30. The van der Waals surface area contributed by atoms with E-state index in [1.165, 1.54) is 0 Å². The number of ether oxygens (including phenoxy) is 1. The Balaban J connectivity index is 1.64. The number of carbonyl (C=O) groups excluding carboxylic acids is 2. The number of carbonyl (C=O) groups is 2. The van der Waals surface area contributed by atoms with Gasteiger partial charge < -0.3 is 15.4 Å². The van der Waals surface area contributed by atoms with Crippen LogP contribution in [-0.2, 0) is 9.53 Å². The summed E-state index contributed by atoms with van der Waals surface area (Å²) in [6.07, 6.45) is 1.51. The van der Waals surface area contributed by atoms with Crippen molar-refractivity contribution in [1.29, 1.82) is 0 Å². The Hall–Kier alpha value is -2.97. The van der Waals surface area contributed by atoms with Crippen molar-refractivity contribution in [1.82, 2.24) is 25.5 Å². The van der Waals surface area contributed by atoms with E-state index in [4.69, 9.17) is 4.74 Å². The van der Waals surface area contributed by atoms with E-state index in [9.17, 15) is 9.59 Å². The Morgan fingerprint density at radius 1 is 1.30 bits per heavy atom. The van der Waals surface area contributed by atoms with Gasteiger partial charge in [-0.2, -0.15) is 0 Å². The van der Waals surface area contributed by atoms with Gasteiger partial charge in [-0.05, 0) is 63.1 Å². The lowest BCUT2D eigenvalue weighted by Gasteiger charge is -2.21. The molecule has 0 spiro atoms. The standard InChI is InChI=1S/C18H24N6O3/c1-11(19-17(26)27-18(2,3)4)16(25)20-13-7-5-6-12(10-13)15-21-22-23-24(15)14-8-9-14/h5-7,10-11,14H,8-9H2,1-4H3,(H,19,26)(H,20,25)/t11-/m1/s1. The first kappa shape index (κ1) is 18.8. The molecule has 0 bridgehead atoms. The molecule has 3 rings (SSSR count). The lowest BCUT2D eigenvalue weighted by atomic mass is 10.2. The molecule has 1 aromatic carbocycles. The summed E-state index contributed by atoms with van der Waals surface area (Å²) in [5.41, 5.74) is 0.790. The first-order chi connectivity index (χ1) is 12.7. The van der Waals surface area contributed by atoms with Crippen molar-refractivity contribution in [3.05, 3.63) is 24.3 Å². The highest BCUT2D eigenvalue weighted by atomic mass is 16.6. The molecule has 1 atom stereocenters. The van der Waals surface area contributed by atoms with E-state index < -0.39 is 17.7 Å². The second-order valence-corrected chi connectivity index (χ2v) is 7.62. The number of hydrogen-bond donors (Lipinski definition) is 2. The van der Waals surface area contributed by atoms with Gasteiger partial charge in [-0.25, -0.2) is 9.48 Å². The molecule has 2 aromatic rings. The van der Waals surface area contributed by atoms with Crippen molar-refractivity contribution >= 4 is 17.7 Å². The number of hydrogen-bond acceptors (Lipinski definition) is 6. The molecule has 1 saturated carbocycles. The molecule has 1 aliphatic carbocycles. The summed E-state index contributed by atoms with van der Waals surface area (Å²) in [4.78, 5) is 24.2. The minimum Gasteiger partial charge on any atom is -0.444 e. The molecule has 0 saturated heterocycles. The van der Waals surface area contributed by atoms with Crippen molar-refractivity contribution < 1.29 is 14.3 Å². The summed E-state index contributed by atoms with van der Waals surface area (Å²) in [5, 5.41) is 17.2. The zero-order valence-corrected chi connectivity index (χ0v) is 15.9. The van der Waals surface area contributed by atoms with E-state index in [-0.39, 0.29) is 5.91 Å². The van der Waals surface area contributed by atoms with E-state index in [0.29, 0.717) is 17.6 Å². The third-order valence-corrected chi connectivity index (χ3v) is 3.90. The molecule has 1 aliphatic rings. The summed E-state index contributed by atoms with van der Waals surface area (Å²) in [6, 6.07) is 6.90. The van der Waals surface area contributed by atoms with Gasteiger partial charge in [0.25, 0.3) is 0 Å². The molecule has 144 valence electrons. The number of rotatable bonds is 5. The fraction of sp³-hybridized carbons (Fsp3) is 0.500. The molecule has 0 radical (unpaired) electrons. The van der Waals surface area contributed by atoms with E-state index in [1.807, 2.05) is 22.9 Å². The Labute approximate surface area is 157 Å². The van der Waals surface area contributed by atoms with Gasteiger partial charge in [0.1, 0.15) is 11.6 Å².